The zero-order chi connectivity index (χ0) is 21.7. The first-order valence-corrected chi connectivity index (χ1v) is 9.50. The molecule has 4 nitrogen and oxygen atoms in total. The third kappa shape index (κ3) is 3.97. The van der Waals surface area contributed by atoms with E-state index in [9.17, 15) is 39.2 Å². The summed E-state index contributed by atoms with van der Waals surface area (Å²) in [5.41, 5.74) is -3.33. The van der Waals surface area contributed by atoms with E-state index in [4.69, 9.17) is 0 Å². The Morgan fingerprint density at radius 1 is 0.862 bits per heavy atom. The quantitative estimate of drug-likeness (QED) is 0.566. The van der Waals surface area contributed by atoms with Crippen molar-refractivity contribution in [2.24, 2.45) is 0 Å². The number of rotatable bonds is 3. The predicted octanol–water partition coefficient (Wildman–Crippen LogP) is 4.52. The molecule has 0 atom stereocenters. The van der Waals surface area contributed by atoms with Crippen molar-refractivity contribution in [3.8, 4) is 16.9 Å². The van der Waals surface area contributed by atoms with E-state index in [2.05, 4.69) is 5.10 Å². The lowest BCUT2D eigenvalue weighted by Gasteiger charge is -2.10. The number of sulfone groups is 1. The molecule has 0 radical (unpaired) electrons. The summed E-state index contributed by atoms with van der Waals surface area (Å²) in [5, 5.41) is 3.24. The Kier molecular flexibility index (Phi) is 4.93. The van der Waals surface area contributed by atoms with Gasteiger partial charge in [-0.05, 0) is 30.3 Å². The van der Waals surface area contributed by atoms with E-state index in [0.717, 1.165) is 6.07 Å². The lowest BCUT2D eigenvalue weighted by Crippen LogP contribution is -2.08. The molecule has 3 rings (SSSR count). The number of hydrogen-bond acceptors (Lipinski definition) is 3. The minimum atomic E-state index is -4.99. The fraction of sp³-hybridized carbons (Fsp3) is 0.118. The molecule has 0 spiro atoms. The first-order valence-electron chi connectivity index (χ1n) is 7.61. The first-order chi connectivity index (χ1) is 13.3. The van der Waals surface area contributed by atoms with E-state index in [0.29, 0.717) is 41.3 Å². The second-order valence-electron chi connectivity index (χ2n) is 5.96. The van der Waals surface area contributed by atoms with Crippen molar-refractivity contribution in [3.63, 3.8) is 0 Å². The highest BCUT2D eigenvalue weighted by Gasteiger charge is 2.36. The molecule has 0 bridgehead atoms. The van der Waals surface area contributed by atoms with Gasteiger partial charge in [0, 0.05) is 17.9 Å². The summed E-state index contributed by atoms with van der Waals surface area (Å²) in [6, 6.07) is 3.10. The molecule has 12 heteroatoms. The second kappa shape index (κ2) is 6.87. The average molecular weight is 438 g/mol. The van der Waals surface area contributed by atoms with Gasteiger partial charge < -0.3 is 0 Å². The molecule has 2 aromatic carbocycles. The molecule has 1 aromatic heterocycles. The summed E-state index contributed by atoms with van der Waals surface area (Å²) >= 11 is 0. The van der Waals surface area contributed by atoms with Crippen LogP contribution in [0.5, 0.6) is 0 Å². The number of nitrogens with zero attached hydrogens (tertiary/aromatic N) is 2. The van der Waals surface area contributed by atoms with Crippen LogP contribution in [0.1, 0.15) is 5.69 Å². The maximum absolute atomic E-state index is 14.5. The summed E-state index contributed by atoms with van der Waals surface area (Å²) in [4.78, 5) is -0.992. The van der Waals surface area contributed by atoms with E-state index < -0.39 is 66.8 Å². The Hall–Kier alpha value is -2.89. The van der Waals surface area contributed by atoms with Gasteiger partial charge in [-0.2, -0.15) is 18.3 Å². The van der Waals surface area contributed by atoms with Crippen molar-refractivity contribution in [1.82, 2.24) is 9.78 Å². The Bertz CT molecular complexity index is 1220. The number of hydrogen-bond donors (Lipinski definition) is 0. The molecule has 0 aliphatic heterocycles. The molecular formula is C17H9F7N2O2S. The first kappa shape index (κ1) is 20.8. The van der Waals surface area contributed by atoms with Gasteiger partial charge in [0.1, 0.15) is 16.5 Å². The average Bonchev–Trinajstić information content (AvgIpc) is 3.03. The van der Waals surface area contributed by atoms with Crippen molar-refractivity contribution in [1.29, 1.82) is 0 Å². The van der Waals surface area contributed by atoms with Crippen molar-refractivity contribution in [2.45, 2.75) is 11.1 Å². The number of alkyl halides is 3. The summed E-state index contributed by atoms with van der Waals surface area (Å²) in [6.45, 7) is 0. The van der Waals surface area contributed by atoms with Crippen LogP contribution >= 0.6 is 0 Å². The van der Waals surface area contributed by atoms with Crippen molar-refractivity contribution in [3.05, 3.63) is 65.4 Å². The topological polar surface area (TPSA) is 52.0 Å². The Balaban J connectivity index is 2.30. The molecule has 0 saturated heterocycles. The summed E-state index contributed by atoms with van der Waals surface area (Å²) < 4.78 is 118. The summed E-state index contributed by atoms with van der Waals surface area (Å²) in [5.74, 6) is -5.45. The molecule has 0 saturated carbocycles. The third-order valence-electron chi connectivity index (χ3n) is 3.84. The van der Waals surface area contributed by atoms with E-state index in [1.165, 1.54) is 0 Å². The molecule has 0 N–H and O–H groups in total. The van der Waals surface area contributed by atoms with Crippen LogP contribution in [0.15, 0.2) is 41.3 Å². The minimum absolute atomic E-state index is 0.315. The lowest BCUT2D eigenvalue weighted by atomic mass is 10.1. The Morgan fingerprint density at radius 3 is 2.07 bits per heavy atom. The number of benzene rings is 2. The van der Waals surface area contributed by atoms with Crippen LogP contribution in [0, 0.1) is 23.3 Å². The monoisotopic (exact) mass is 438 g/mol. The fourth-order valence-electron chi connectivity index (χ4n) is 2.53. The van der Waals surface area contributed by atoms with Crippen LogP contribution < -0.4 is 0 Å². The largest absolute Gasteiger partial charge is 0.435 e. The van der Waals surface area contributed by atoms with Crippen LogP contribution in [0.4, 0.5) is 30.7 Å². The van der Waals surface area contributed by atoms with Crippen LogP contribution in [-0.2, 0) is 16.0 Å². The van der Waals surface area contributed by atoms with Gasteiger partial charge in [-0.3, -0.25) is 0 Å². The maximum Gasteiger partial charge on any atom is 0.435 e. The zero-order valence-corrected chi connectivity index (χ0v) is 15.0. The molecule has 1 heterocycles. The van der Waals surface area contributed by atoms with Crippen molar-refractivity contribution < 1.29 is 39.2 Å². The van der Waals surface area contributed by atoms with Crippen molar-refractivity contribution in [2.75, 3.05) is 6.26 Å². The van der Waals surface area contributed by atoms with Crippen LogP contribution in [0.25, 0.3) is 16.9 Å². The highest BCUT2D eigenvalue weighted by Crippen LogP contribution is 2.35. The van der Waals surface area contributed by atoms with Gasteiger partial charge in [-0.15, -0.1) is 0 Å². The maximum atomic E-state index is 14.5. The minimum Gasteiger partial charge on any atom is -0.232 e. The zero-order valence-electron chi connectivity index (χ0n) is 14.2. The number of halogens is 7. The van der Waals surface area contributed by atoms with Crippen LogP contribution in [0.2, 0.25) is 0 Å². The normalized spacial score (nSPS) is 12.4. The van der Waals surface area contributed by atoms with Crippen molar-refractivity contribution >= 4 is 9.84 Å². The predicted molar refractivity (Wildman–Crippen MR) is 86.9 cm³/mol. The van der Waals surface area contributed by atoms with Crippen LogP contribution in [-0.4, -0.2) is 24.5 Å². The molecule has 0 fully saturated rings. The molecule has 0 unspecified atom stereocenters. The molecule has 0 aliphatic carbocycles. The third-order valence-corrected chi connectivity index (χ3v) is 4.96. The van der Waals surface area contributed by atoms with Gasteiger partial charge in [-0.25, -0.2) is 30.7 Å². The van der Waals surface area contributed by atoms with Gasteiger partial charge in [0.2, 0.25) is 0 Å². The molecule has 154 valence electrons. The highest BCUT2D eigenvalue weighted by atomic mass is 32.2. The van der Waals surface area contributed by atoms with E-state index in [1.807, 2.05) is 0 Å². The molecular weight excluding hydrogens is 429 g/mol. The smallest absolute Gasteiger partial charge is 0.232 e. The number of aromatic nitrogens is 2. The van der Waals surface area contributed by atoms with E-state index >= 15 is 0 Å². The standard InChI is InChI=1S/C17H9F7N2O2S/c1-29(27,28)15-6-11(19)9(5-13(15)21)14-7-16(17(22,23)24)25-26(14)8-2-3-10(18)12(20)4-8/h2-7H,1H3. The molecule has 0 aliphatic rings. The Labute approximate surface area is 159 Å². The van der Waals surface area contributed by atoms with Gasteiger partial charge in [0.05, 0.1) is 11.4 Å². The van der Waals surface area contributed by atoms with Gasteiger partial charge in [0.25, 0.3) is 0 Å². The second-order valence-corrected chi connectivity index (χ2v) is 7.94. The molecule has 29 heavy (non-hydrogen) atoms. The summed E-state index contributed by atoms with van der Waals surface area (Å²) in [7, 11) is -4.15. The van der Waals surface area contributed by atoms with E-state index in [-0.39, 0.29) is 0 Å². The van der Waals surface area contributed by atoms with E-state index in [1.54, 1.807) is 0 Å². The van der Waals surface area contributed by atoms with Gasteiger partial charge >= 0.3 is 6.18 Å². The van der Waals surface area contributed by atoms with Gasteiger partial charge in [-0.1, -0.05) is 0 Å². The van der Waals surface area contributed by atoms with Gasteiger partial charge in [0.15, 0.2) is 27.2 Å². The van der Waals surface area contributed by atoms with Crippen LogP contribution in [0.3, 0.4) is 0 Å². The fourth-order valence-corrected chi connectivity index (χ4v) is 3.26. The lowest BCUT2D eigenvalue weighted by molar-refractivity contribution is -0.141. The highest BCUT2D eigenvalue weighted by molar-refractivity contribution is 7.90. The molecule has 3 aromatic rings. The molecule has 0 amide bonds. The SMILES string of the molecule is CS(=O)(=O)c1cc(F)c(-c2cc(C(F)(F)F)nn2-c2ccc(F)c(F)c2)cc1F. The summed E-state index contributed by atoms with van der Waals surface area (Å²) in [6.07, 6.45) is -4.36. The Morgan fingerprint density at radius 2 is 1.52 bits per heavy atom.